The predicted molar refractivity (Wildman–Crippen MR) is 36.1 cm³/mol. The van der Waals surface area contributed by atoms with Crippen LogP contribution in [0.25, 0.3) is 0 Å². The van der Waals surface area contributed by atoms with Crippen LogP contribution in [0.3, 0.4) is 0 Å². The van der Waals surface area contributed by atoms with Crippen LogP contribution in [0.4, 0.5) is 0 Å². The lowest BCUT2D eigenvalue weighted by Gasteiger charge is -1.98. The molecule has 2 N–H and O–H groups in total. The van der Waals surface area contributed by atoms with Gasteiger partial charge in [-0.1, -0.05) is 0 Å². The molecule has 3 nitrogen and oxygen atoms in total. The highest BCUT2D eigenvalue weighted by molar-refractivity contribution is 8.72. The quantitative estimate of drug-likeness (QED) is 0.450. The summed E-state index contributed by atoms with van der Waals surface area (Å²) in [5.74, 6) is 0. The second kappa shape index (κ2) is 2.70. The van der Waals surface area contributed by atoms with Crippen molar-refractivity contribution in [1.82, 2.24) is 0 Å². The van der Waals surface area contributed by atoms with Gasteiger partial charge >= 0.3 is 0 Å². The van der Waals surface area contributed by atoms with Crippen molar-refractivity contribution < 1.29 is 8.42 Å². The highest BCUT2D eigenvalue weighted by Gasteiger charge is 2.04. The number of hydrogen-bond acceptors (Lipinski definition) is 4. The molecule has 0 aliphatic heterocycles. The maximum Gasteiger partial charge on any atom is 0.200 e. The van der Waals surface area contributed by atoms with Gasteiger partial charge in [-0.3, -0.25) is 0 Å². The molecule has 1 atom stereocenters. The van der Waals surface area contributed by atoms with E-state index in [0.717, 1.165) is 17.0 Å². The SMILES string of the molecule is CC(N)SS(C)(=O)=O. The van der Waals surface area contributed by atoms with Crippen molar-refractivity contribution in [1.29, 1.82) is 0 Å². The summed E-state index contributed by atoms with van der Waals surface area (Å²) in [5.41, 5.74) is 5.16. The molecule has 5 heteroatoms. The Morgan fingerprint density at radius 2 is 2.00 bits per heavy atom. The molecule has 0 saturated heterocycles. The molecule has 0 aromatic carbocycles. The summed E-state index contributed by atoms with van der Waals surface area (Å²) in [7, 11) is -2.17. The Morgan fingerprint density at radius 3 is 2.00 bits per heavy atom. The molecule has 8 heavy (non-hydrogen) atoms. The summed E-state index contributed by atoms with van der Waals surface area (Å²) in [6.45, 7) is 1.63. The van der Waals surface area contributed by atoms with E-state index < -0.39 is 8.87 Å². The van der Waals surface area contributed by atoms with E-state index in [-0.39, 0.29) is 5.37 Å². The highest BCUT2D eigenvalue weighted by atomic mass is 33.1. The molecule has 0 saturated carbocycles. The van der Waals surface area contributed by atoms with Gasteiger partial charge in [-0.25, -0.2) is 8.42 Å². The number of nitrogens with two attached hydrogens (primary N) is 1. The van der Waals surface area contributed by atoms with Gasteiger partial charge in [-0.15, -0.1) is 0 Å². The molecule has 0 rings (SSSR count). The lowest BCUT2D eigenvalue weighted by Crippen LogP contribution is -2.12. The Balaban J connectivity index is 3.75. The van der Waals surface area contributed by atoms with Crippen LogP contribution in [0, 0.1) is 0 Å². The van der Waals surface area contributed by atoms with E-state index in [2.05, 4.69) is 0 Å². The first kappa shape index (κ1) is 8.26. The summed E-state index contributed by atoms with van der Waals surface area (Å²) >= 11 is 0. The fourth-order valence-corrected chi connectivity index (χ4v) is 2.48. The largest absolute Gasteiger partial charge is 0.319 e. The summed E-state index contributed by atoms with van der Waals surface area (Å²) in [6.07, 6.45) is 1.14. The minimum absolute atomic E-state index is 0.329. The summed E-state index contributed by atoms with van der Waals surface area (Å²) in [5, 5.41) is -0.329. The van der Waals surface area contributed by atoms with Crippen molar-refractivity contribution in [2.75, 3.05) is 6.26 Å². The van der Waals surface area contributed by atoms with Gasteiger partial charge in [0.15, 0.2) is 8.87 Å². The van der Waals surface area contributed by atoms with E-state index in [1.807, 2.05) is 0 Å². The average Bonchev–Trinajstić information content (AvgIpc) is 1.21. The molecule has 0 radical (unpaired) electrons. The van der Waals surface area contributed by atoms with Crippen LogP contribution in [0.2, 0.25) is 0 Å². The molecule has 0 heterocycles. The van der Waals surface area contributed by atoms with Crippen LogP contribution in [0.5, 0.6) is 0 Å². The molecule has 1 unspecified atom stereocenters. The first-order valence-electron chi connectivity index (χ1n) is 2.05. The standard InChI is InChI=1S/C3H9NO2S2/c1-3(4)7-8(2,5)6/h3H,4H2,1-2H3. The fraction of sp³-hybridized carbons (Fsp3) is 1.00. The van der Waals surface area contributed by atoms with E-state index in [1.54, 1.807) is 6.92 Å². The Morgan fingerprint density at radius 1 is 1.62 bits per heavy atom. The van der Waals surface area contributed by atoms with Crippen LogP contribution in [0.15, 0.2) is 0 Å². The third-order valence-electron chi connectivity index (χ3n) is 0.327. The first-order valence-corrected chi connectivity index (χ1v) is 5.34. The second-order valence-electron chi connectivity index (χ2n) is 1.51. The van der Waals surface area contributed by atoms with Crippen LogP contribution in [-0.2, 0) is 8.87 Å². The Bertz CT molecular complexity index is 149. The molecule has 0 fully saturated rings. The van der Waals surface area contributed by atoms with E-state index in [1.165, 1.54) is 0 Å². The number of hydrogen-bond donors (Lipinski definition) is 1. The Labute approximate surface area is 53.0 Å². The molecular formula is C3H9NO2S2. The zero-order chi connectivity index (χ0) is 6.78. The second-order valence-corrected chi connectivity index (χ2v) is 6.24. The summed E-state index contributed by atoms with van der Waals surface area (Å²) < 4.78 is 20.6. The fourth-order valence-electron chi connectivity index (χ4n) is 0.276. The molecule has 0 spiro atoms. The van der Waals surface area contributed by atoms with Crippen molar-refractivity contribution in [3.8, 4) is 0 Å². The molecule has 0 aromatic rings. The lowest BCUT2D eigenvalue weighted by atomic mass is 10.8. The Hall–Kier alpha value is 0.260. The van der Waals surface area contributed by atoms with Crippen molar-refractivity contribution in [2.45, 2.75) is 12.3 Å². The lowest BCUT2D eigenvalue weighted by molar-refractivity contribution is 0.615. The van der Waals surface area contributed by atoms with Gasteiger partial charge in [-0.2, -0.15) is 0 Å². The van der Waals surface area contributed by atoms with Gasteiger partial charge in [0, 0.05) is 6.26 Å². The van der Waals surface area contributed by atoms with Crippen LogP contribution in [-0.4, -0.2) is 20.0 Å². The minimum Gasteiger partial charge on any atom is -0.319 e. The normalized spacial score (nSPS) is 15.9. The zero-order valence-corrected chi connectivity index (χ0v) is 6.42. The van der Waals surface area contributed by atoms with E-state index in [4.69, 9.17) is 5.73 Å². The zero-order valence-electron chi connectivity index (χ0n) is 4.79. The molecule has 0 amide bonds. The van der Waals surface area contributed by atoms with Crippen LogP contribution >= 0.6 is 10.8 Å². The van der Waals surface area contributed by atoms with Gasteiger partial charge in [0.2, 0.25) is 0 Å². The van der Waals surface area contributed by atoms with E-state index in [9.17, 15) is 8.42 Å². The maximum absolute atomic E-state index is 10.3. The van der Waals surface area contributed by atoms with Gasteiger partial charge in [0.05, 0.1) is 5.37 Å². The monoisotopic (exact) mass is 155 g/mol. The third kappa shape index (κ3) is 6.26. The van der Waals surface area contributed by atoms with Gasteiger partial charge in [-0.05, 0) is 17.7 Å². The van der Waals surface area contributed by atoms with E-state index >= 15 is 0 Å². The minimum atomic E-state index is -2.93. The van der Waals surface area contributed by atoms with Gasteiger partial charge in [0.1, 0.15) is 0 Å². The van der Waals surface area contributed by atoms with Crippen LogP contribution in [0.1, 0.15) is 6.92 Å². The smallest absolute Gasteiger partial charge is 0.200 e. The first-order chi connectivity index (χ1) is 3.42. The van der Waals surface area contributed by atoms with E-state index in [0.29, 0.717) is 0 Å². The van der Waals surface area contributed by atoms with Crippen molar-refractivity contribution >= 4 is 19.7 Å². The summed E-state index contributed by atoms with van der Waals surface area (Å²) in [4.78, 5) is 0. The van der Waals surface area contributed by atoms with Crippen LogP contribution < -0.4 is 5.73 Å². The third-order valence-corrected chi connectivity index (χ3v) is 2.94. The van der Waals surface area contributed by atoms with Crippen molar-refractivity contribution in [2.24, 2.45) is 5.73 Å². The van der Waals surface area contributed by atoms with Gasteiger partial charge < -0.3 is 5.73 Å². The predicted octanol–water partition coefficient (Wildman–Crippen LogP) is -0.0161. The molecule has 0 aliphatic rings. The average molecular weight is 155 g/mol. The highest BCUT2D eigenvalue weighted by Crippen LogP contribution is 2.11. The van der Waals surface area contributed by atoms with Crippen molar-refractivity contribution in [3.05, 3.63) is 0 Å². The Kier molecular flexibility index (Phi) is 2.79. The molecular weight excluding hydrogens is 146 g/mol. The van der Waals surface area contributed by atoms with Crippen molar-refractivity contribution in [3.63, 3.8) is 0 Å². The molecule has 50 valence electrons. The molecule has 0 bridgehead atoms. The number of rotatable bonds is 2. The maximum atomic E-state index is 10.3. The van der Waals surface area contributed by atoms with Gasteiger partial charge in [0.25, 0.3) is 0 Å². The molecule has 0 aliphatic carbocycles. The summed E-state index contributed by atoms with van der Waals surface area (Å²) in [6, 6.07) is 0. The molecule has 0 aromatic heterocycles. The topological polar surface area (TPSA) is 60.2 Å².